The molecule has 1 aliphatic heterocycles. The van der Waals surface area contributed by atoms with E-state index in [1.165, 1.54) is 17.0 Å². The first-order chi connectivity index (χ1) is 8.06. The van der Waals surface area contributed by atoms with E-state index in [1.807, 2.05) is 6.92 Å². The van der Waals surface area contributed by atoms with Gasteiger partial charge in [0.05, 0.1) is 21.2 Å². The molecule has 17 heavy (non-hydrogen) atoms. The first-order valence-electron chi connectivity index (χ1n) is 5.41. The number of imide groups is 1. The highest BCUT2D eigenvalue weighted by Crippen LogP contribution is 2.31. The van der Waals surface area contributed by atoms with Gasteiger partial charge in [0.1, 0.15) is 0 Å². The summed E-state index contributed by atoms with van der Waals surface area (Å²) < 4.78 is 0. The Morgan fingerprint density at radius 2 is 1.53 bits per heavy atom. The summed E-state index contributed by atoms with van der Waals surface area (Å²) in [5, 5.41) is 0.591. The van der Waals surface area contributed by atoms with Gasteiger partial charge in [-0.05, 0) is 18.6 Å². The minimum Gasteiger partial charge on any atom is -0.274 e. The molecule has 0 aliphatic carbocycles. The molecule has 5 heteroatoms. The van der Waals surface area contributed by atoms with Crippen molar-refractivity contribution >= 4 is 35.0 Å². The van der Waals surface area contributed by atoms with Gasteiger partial charge in [-0.1, -0.05) is 36.5 Å². The quantitative estimate of drug-likeness (QED) is 0.791. The summed E-state index contributed by atoms with van der Waals surface area (Å²) in [5.74, 6) is -0.561. The fourth-order valence-corrected chi connectivity index (χ4v) is 2.13. The van der Waals surface area contributed by atoms with E-state index in [0.717, 1.165) is 12.8 Å². The molecule has 1 aliphatic rings. The van der Waals surface area contributed by atoms with Crippen molar-refractivity contribution in [3.05, 3.63) is 33.3 Å². The molecule has 2 rings (SSSR count). The number of hydrogen-bond acceptors (Lipinski definition) is 2. The highest BCUT2D eigenvalue weighted by atomic mass is 35.5. The van der Waals surface area contributed by atoms with Gasteiger partial charge in [0, 0.05) is 6.54 Å². The Balaban J connectivity index is 2.39. The van der Waals surface area contributed by atoms with Crippen LogP contribution in [0.3, 0.4) is 0 Å². The Bertz CT molecular complexity index is 459. The maximum Gasteiger partial charge on any atom is 0.261 e. The van der Waals surface area contributed by atoms with Crippen LogP contribution in [0.4, 0.5) is 0 Å². The van der Waals surface area contributed by atoms with Crippen LogP contribution in [0, 0.1) is 0 Å². The molecular weight excluding hydrogens is 261 g/mol. The van der Waals surface area contributed by atoms with Crippen molar-refractivity contribution in [1.82, 2.24) is 4.90 Å². The predicted octanol–water partition coefficient (Wildman–Crippen LogP) is 3.39. The normalized spacial score (nSPS) is 14.4. The van der Waals surface area contributed by atoms with Crippen molar-refractivity contribution in [2.24, 2.45) is 0 Å². The number of fused-ring (bicyclic) bond motifs is 1. The molecule has 0 fully saturated rings. The van der Waals surface area contributed by atoms with E-state index in [9.17, 15) is 9.59 Å². The second-order valence-corrected chi connectivity index (χ2v) is 4.74. The zero-order chi connectivity index (χ0) is 12.6. The lowest BCUT2D eigenvalue weighted by Gasteiger charge is -2.12. The van der Waals surface area contributed by atoms with Gasteiger partial charge >= 0.3 is 0 Å². The third-order valence-electron chi connectivity index (χ3n) is 2.75. The van der Waals surface area contributed by atoms with Gasteiger partial charge in [0.25, 0.3) is 11.8 Å². The van der Waals surface area contributed by atoms with E-state index in [4.69, 9.17) is 23.2 Å². The molecule has 0 N–H and O–H groups in total. The minimum atomic E-state index is -0.281. The summed E-state index contributed by atoms with van der Waals surface area (Å²) in [6, 6.07) is 2.93. The number of benzene rings is 1. The van der Waals surface area contributed by atoms with Gasteiger partial charge in [0.15, 0.2) is 0 Å². The summed E-state index contributed by atoms with van der Waals surface area (Å²) in [5.41, 5.74) is 0.695. The first-order valence-corrected chi connectivity index (χ1v) is 6.17. The SMILES string of the molecule is CCCCN1C(=O)c2cc(Cl)c(Cl)cc2C1=O. The third kappa shape index (κ3) is 2.05. The summed E-state index contributed by atoms with van der Waals surface area (Å²) in [4.78, 5) is 25.2. The van der Waals surface area contributed by atoms with Crippen molar-refractivity contribution in [2.75, 3.05) is 6.54 Å². The van der Waals surface area contributed by atoms with Crippen LogP contribution in [0.25, 0.3) is 0 Å². The fraction of sp³-hybridized carbons (Fsp3) is 0.333. The molecule has 0 spiro atoms. The average Bonchev–Trinajstić information content (AvgIpc) is 2.51. The number of amides is 2. The van der Waals surface area contributed by atoms with Crippen molar-refractivity contribution in [3.63, 3.8) is 0 Å². The van der Waals surface area contributed by atoms with Gasteiger partial charge in [-0.25, -0.2) is 0 Å². The monoisotopic (exact) mass is 271 g/mol. The molecule has 0 saturated carbocycles. The summed E-state index contributed by atoms with van der Waals surface area (Å²) >= 11 is 11.7. The van der Waals surface area contributed by atoms with Crippen molar-refractivity contribution in [2.45, 2.75) is 19.8 Å². The number of carbonyl (C=O) groups is 2. The van der Waals surface area contributed by atoms with Crippen LogP contribution in [-0.2, 0) is 0 Å². The third-order valence-corrected chi connectivity index (χ3v) is 3.47. The maximum atomic E-state index is 12.0. The molecule has 1 aromatic carbocycles. The Kier molecular flexibility index (Phi) is 3.40. The van der Waals surface area contributed by atoms with E-state index >= 15 is 0 Å². The molecule has 90 valence electrons. The van der Waals surface area contributed by atoms with Crippen LogP contribution in [-0.4, -0.2) is 23.3 Å². The smallest absolute Gasteiger partial charge is 0.261 e. The molecule has 1 aromatic rings. The van der Waals surface area contributed by atoms with Gasteiger partial charge in [-0.3, -0.25) is 14.5 Å². The number of hydrogen-bond donors (Lipinski definition) is 0. The molecule has 0 saturated heterocycles. The number of nitrogens with zero attached hydrogens (tertiary/aromatic N) is 1. The number of rotatable bonds is 3. The standard InChI is InChI=1S/C12H11Cl2NO2/c1-2-3-4-15-11(16)7-5-9(13)10(14)6-8(7)12(15)17/h5-6H,2-4H2,1H3. The zero-order valence-corrected chi connectivity index (χ0v) is 10.8. The average molecular weight is 272 g/mol. The van der Waals surface area contributed by atoms with Crippen molar-refractivity contribution < 1.29 is 9.59 Å². The lowest BCUT2D eigenvalue weighted by molar-refractivity contribution is 0.0652. The van der Waals surface area contributed by atoms with Crippen LogP contribution >= 0.6 is 23.2 Å². The highest BCUT2D eigenvalue weighted by Gasteiger charge is 2.35. The van der Waals surface area contributed by atoms with Gasteiger partial charge in [-0.15, -0.1) is 0 Å². The summed E-state index contributed by atoms with van der Waals surface area (Å²) in [7, 11) is 0. The van der Waals surface area contributed by atoms with E-state index < -0.39 is 0 Å². The van der Waals surface area contributed by atoms with Crippen LogP contribution < -0.4 is 0 Å². The second-order valence-electron chi connectivity index (χ2n) is 3.93. The van der Waals surface area contributed by atoms with Crippen molar-refractivity contribution in [3.8, 4) is 0 Å². The van der Waals surface area contributed by atoms with Gasteiger partial charge in [-0.2, -0.15) is 0 Å². The lowest BCUT2D eigenvalue weighted by Crippen LogP contribution is -2.30. The zero-order valence-electron chi connectivity index (χ0n) is 9.30. The molecule has 0 aromatic heterocycles. The van der Waals surface area contributed by atoms with E-state index in [0.29, 0.717) is 27.7 Å². The lowest BCUT2D eigenvalue weighted by atomic mass is 10.1. The van der Waals surface area contributed by atoms with Gasteiger partial charge < -0.3 is 0 Å². The minimum absolute atomic E-state index is 0.281. The predicted molar refractivity (Wildman–Crippen MR) is 66.7 cm³/mol. The molecule has 0 radical (unpaired) electrons. The second kappa shape index (κ2) is 4.67. The molecule has 0 unspecified atom stereocenters. The Morgan fingerprint density at radius 3 is 1.94 bits per heavy atom. The summed E-state index contributed by atoms with van der Waals surface area (Å²) in [6.07, 6.45) is 1.72. The highest BCUT2D eigenvalue weighted by molar-refractivity contribution is 6.43. The van der Waals surface area contributed by atoms with Crippen LogP contribution in [0.5, 0.6) is 0 Å². The molecule has 0 bridgehead atoms. The topological polar surface area (TPSA) is 37.4 Å². The molecule has 1 heterocycles. The number of halogens is 2. The van der Waals surface area contributed by atoms with E-state index in [-0.39, 0.29) is 11.8 Å². The maximum absolute atomic E-state index is 12.0. The molecule has 2 amide bonds. The van der Waals surface area contributed by atoms with E-state index in [2.05, 4.69) is 0 Å². The first kappa shape index (κ1) is 12.4. The Morgan fingerprint density at radius 1 is 1.06 bits per heavy atom. The van der Waals surface area contributed by atoms with Crippen LogP contribution in [0.1, 0.15) is 40.5 Å². The van der Waals surface area contributed by atoms with Gasteiger partial charge in [0.2, 0.25) is 0 Å². The summed E-state index contributed by atoms with van der Waals surface area (Å²) in [6.45, 7) is 2.45. The molecule has 3 nitrogen and oxygen atoms in total. The van der Waals surface area contributed by atoms with E-state index in [1.54, 1.807) is 0 Å². The molecule has 0 atom stereocenters. The van der Waals surface area contributed by atoms with Crippen LogP contribution in [0.2, 0.25) is 10.0 Å². The Hall–Kier alpha value is -1.06. The Labute approximate surface area is 109 Å². The molecular formula is C12H11Cl2NO2. The largest absolute Gasteiger partial charge is 0.274 e. The number of unbranched alkanes of at least 4 members (excludes halogenated alkanes) is 1. The van der Waals surface area contributed by atoms with Crippen LogP contribution in [0.15, 0.2) is 12.1 Å². The number of carbonyl (C=O) groups excluding carboxylic acids is 2. The van der Waals surface area contributed by atoms with Crippen molar-refractivity contribution in [1.29, 1.82) is 0 Å². The fourth-order valence-electron chi connectivity index (χ4n) is 1.80.